The van der Waals surface area contributed by atoms with Crippen LogP contribution in [0.15, 0.2) is 48.8 Å². The topological polar surface area (TPSA) is 66.9 Å². The molecule has 0 bridgehead atoms. The molecule has 144 valence electrons. The number of nitrogens with zero attached hydrogens (tertiary/aromatic N) is 3. The van der Waals surface area contributed by atoms with Crippen molar-refractivity contribution in [2.24, 2.45) is 5.92 Å². The number of rotatable bonds is 5. The average molecular weight is 370 g/mol. The maximum atomic E-state index is 12.6. The van der Waals surface area contributed by atoms with Gasteiger partial charge in [-0.1, -0.05) is 0 Å². The van der Waals surface area contributed by atoms with E-state index in [2.05, 4.69) is 15.2 Å². The fraction of sp³-hybridized carbons (Fsp3) is 0.400. The molecule has 2 heterocycles. The van der Waals surface area contributed by atoms with Crippen LogP contribution in [-0.2, 0) is 4.74 Å². The summed E-state index contributed by atoms with van der Waals surface area (Å²) in [6.45, 7) is 3.42. The normalized spacial score (nSPS) is 17.4. The summed E-state index contributed by atoms with van der Waals surface area (Å²) in [4.78, 5) is 20.6. The second-order valence-corrected chi connectivity index (χ2v) is 6.89. The second kappa shape index (κ2) is 9.34. The molecule has 0 saturated carbocycles. The van der Waals surface area contributed by atoms with Gasteiger partial charge >= 0.3 is 6.03 Å². The Bertz CT molecular complexity index is 722. The van der Waals surface area contributed by atoms with Crippen LogP contribution >= 0.6 is 0 Å². The number of anilines is 1. The Morgan fingerprint density at radius 2 is 2.11 bits per heavy atom. The van der Waals surface area contributed by atoms with Gasteiger partial charge in [0.15, 0.2) is 0 Å². The zero-order valence-corrected chi connectivity index (χ0v) is 15.8. The highest BCUT2D eigenvalue weighted by Crippen LogP contribution is 2.22. The standard InChI is InChI=1S/C20H26N4O3/c1-23(2)13-16-14-24(10-11-26-15-16)20(25)22-17-5-7-18(8-6-17)27-19-4-3-9-21-12-19/h3-9,12,16H,10-11,13-15H2,1-2H3,(H,22,25)/t16-/m0/s1. The number of carbonyl (C=O) groups excluding carboxylic acids is 1. The van der Waals surface area contributed by atoms with Crippen molar-refractivity contribution in [3.63, 3.8) is 0 Å². The number of carbonyl (C=O) groups is 1. The van der Waals surface area contributed by atoms with E-state index in [1.807, 2.05) is 55.4 Å². The lowest BCUT2D eigenvalue weighted by atomic mass is 10.1. The molecular weight excluding hydrogens is 344 g/mol. The largest absolute Gasteiger partial charge is 0.456 e. The van der Waals surface area contributed by atoms with Gasteiger partial charge in [0.1, 0.15) is 11.5 Å². The number of ether oxygens (including phenoxy) is 2. The SMILES string of the molecule is CN(C)C[C@@H]1COCCN(C(=O)Nc2ccc(Oc3cccnc3)cc2)C1. The van der Waals surface area contributed by atoms with Crippen LogP contribution in [0.5, 0.6) is 11.5 Å². The van der Waals surface area contributed by atoms with Crippen molar-refractivity contribution in [2.45, 2.75) is 0 Å². The van der Waals surface area contributed by atoms with Crippen molar-refractivity contribution in [2.75, 3.05) is 52.3 Å². The fourth-order valence-corrected chi connectivity index (χ4v) is 3.04. The van der Waals surface area contributed by atoms with Gasteiger partial charge < -0.3 is 24.6 Å². The lowest BCUT2D eigenvalue weighted by molar-refractivity contribution is 0.112. The molecule has 0 spiro atoms. The minimum Gasteiger partial charge on any atom is -0.456 e. The number of urea groups is 1. The van der Waals surface area contributed by atoms with Crippen LogP contribution < -0.4 is 10.1 Å². The van der Waals surface area contributed by atoms with Gasteiger partial charge in [0.05, 0.1) is 19.4 Å². The molecule has 0 unspecified atom stereocenters. The molecular formula is C20H26N4O3. The van der Waals surface area contributed by atoms with E-state index in [1.165, 1.54) is 0 Å². The minimum atomic E-state index is -0.106. The van der Waals surface area contributed by atoms with Crippen LogP contribution in [0.3, 0.4) is 0 Å². The summed E-state index contributed by atoms with van der Waals surface area (Å²) >= 11 is 0. The number of hydrogen-bond acceptors (Lipinski definition) is 5. The first-order chi connectivity index (χ1) is 13.1. The smallest absolute Gasteiger partial charge is 0.321 e. The Hall–Kier alpha value is -2.64. The first kappa shape index (κ1) is 19.1. The Morgan fingerprint density at radius 1 is 1.30 bits per heavy atom. The summed E-state index contributed by atoms with van der Waals surface area (Å²) in [6.07, 6.45) is 3.35. The Morgan fingerprint density at radius 3 is 2.81 bits per heavy atom. The number of amides is 2. The van der Waals surface area contributed by atoms with Gasteiger partial charge in [0.25, 0.3) is 0 Å². The average Bonchev–Trinajstić information content (AvgIpc) is 2.89. The summed E-state index contributed by atoms with van der Waals surface area (Å²) in [5.74, 6) is 1.67. The minimum absolute atomic E-state index is 0.106. The van der Waals surface area contributed by atoms with Crippen LogP contribution in [0.1, 0.15) is 0 Å². The molecule has 1 N–H and O–H groups in total. The van der Waals surface area contributed by atoms with Crippen LogP contribution in [0.4, 0.5) is 10.5 Å². The first-order valence-corrected chi connectivity index (χ1v) is 9.06. The van der Waals surface area contributed by atoms with Crippen LogP contribution in [0.25, 0.3) is 0 Å². The van der Waals surface area contributed by atoms with E-state index in [9.17, 15) is 4.79 Å². The summed E-state index contributed by atoms with van der Waals surface area (Å²) in [6, 6.07) is 10.9. The molecule has 0 radical (unpaired) electrons. The number of nitrogens with one attached hydrogen (secondary N) is 1. The summed E-state index contributed by atoms with van der Waals surface area (Å²) in [5.41, 5.74) is 0.730. The monoisotopic (exact) mass is 370 g/mol. The summed E-state index contributed by atoms with van der Waals surface area (Å²) < 4.78 is 11.4. The first-order valence-electron chi connectivity index (χ1n) is 9.06. The summed E-state index contributed by atoms with van der Waals surface area (Å²) in [7, 11) is 4.06. The number of hydrogen-bond donors (Lipinski definition) is 1. The lowest BCUT2D eigenvalue weighted by Gasteiger charge is -2.25. The zero-order valence-electron chi connectivity index (χ0n) is 15.8. The fourth-order valence-electron chi connectivity index (χ4n) is 3.04. The summed E-state index contributed by atoms with van der Waals surface area (Å²) in [5, 5.41) is 2.95. The number of aromatic nitrogens is 1. The van der Waals surface area contributed by atoms with E-state index >= 15 is 0 Å². The zero-order chi connectivity index (χ0) is 19.1. The predicted molar refractivity (Wildman–Crippen MR) is 104 cm³/mol. The molecule has 1 aromatic carbocycles. The third-order valence-corrected chi connectivity index (χ3v) is 4.22. The van der Waals surface area contributed by atoms with Crippen molar-refractivity contribution in [1.82, 2.24) is 14.8 Å². The molecule has 2 amide bonds. The van der Waals surface area contributed by atoms with Crippen molar-refractivity contribution in [3.05, 3.63) is 48.8 Å². The Balaban J connectivity index is 1.56. The van der Waals surface area contributed by atoms with E-state index < -0.39 is 0 Å². The van der Waals surface area contributed by atoms with Crippen molar-refractivity contribution in [1.29, 1.82) is 0 Å². The van der Waals surface area contributed by atoms with E-state index in [-0.39, 0.29) is 6.03 Å². The van der Waals surface area contributed by atoms with Gasteiger partial charge in [-0.05, 0) is 50.5 Å². The van der Waals surface area contributed by atoms with Gasteiger partial charge in [-0.3, -0.25) is 4.98 Å². The van der Waals surface area contributed by atoms with Crippen LogP contribution in [0, 0.1) is 5.92 Å². The molecule has 1 atom stereocenters. The highest BCUT2D eigenvalue weighted by Gasteiger charge is 2.23. The molecule has 3 rings (SSSR count). The molecule has 0 aliphatic carbocycles. The van der Waals surface area contributed by atoms with Gasteiger partial charge in [0, 0.05) is 37.4 Å². The van der Waals surface area contributed by atoms with Crippen molar-refractivity contribution in [3.8, 4) is 11.5 Å². The highest BCUT2D eigenvalue weighted by molar-refractivity contribution is 5.89. The van der Waals surface area contributed by atoms with Gasteiger partial charge in [0.2, 0.25) is 0 Å². The van der Waals surface area contributed by atoms with Gasteiger partial charge in [-0.25, -0.2) is 4.79 Å². The molecule has 7 nitrogen and oxygen atoms in total. The van der Waals surface area contributed by atoms with Crippen molar-refractivity contribution < 1.29 is 14.3 Å². The molecule has 1 aliphatic rings. The molecule has 1 aromatic heterocycles. The molecule has 1 fully saturated rings. The van der Waals surface area contributed by atoms with Gasteiger partial charge in [-0.2, -0.15) is 0 Å². The van der Waals surface area contributed by atoms with E-state index in [0.29, 0.717) is 43.7 Å². The molecule has 1 aliphatic heterocycles. The van der Waals surface area contributed by atoms with E-state index in [0.717, 1.165) is 12.2 Å². The second-order valence-electron chi connectivity index (χ2n) is 6.89. The van der Waals surface area contributed by atoms with Crippen LogP contribution in [-0.4, -0.2) is 67.8 Å². The molecule has 1 saturated heterocycles. The van der Waals surface area contributed by atoms with Crippen LogP contribution in [0.2, 0.25) is 0 Å². The maximum absolute atomic E-state index is 12.6. The third-order valence-electron chi connectivity index (χ3n) is 4.22. The maximum Gasteiger partial charge on any atom is 0.321 e. The lowest BCUT2D eigenvalue weighted by Crippen LogP contribution is -2.41. The third kappa shape index (κ3) is 5.94. The van der Waals surface area contributed by atoms with E-state index in [1.54, 1.807) is 12.4 Å². The predicted octanol–water partition coefficient (Wildman–Crippen LogP) is 2.92. The number of pyridine rings is 1. The van der Waals surface area contributed by atoms with E-state index in [4.69, 9.17) is 9.47 Å². The molecule has 7 heteroatoms. The molecule has 27 heavy (non-hydrogen) atoms. The van der Waals surface area contributed by atoms with Gasteiger partial charge in [-0.15, -0.1) is 0 Å². The number of benzene rings is 1. The Kier molecular flexibility index (Phi) is 6.62. The highest BCUT2D eigenvalue weighted by atomic mass is 16.5. The quantitative estimate of drug-likeness (QED) is 0.877. The van der Waals surface area contributed by atoms with Crippen molar-refractivity contribution >= 4 is 11.7 Å². The molecule has 2 aromatic rings. The Labute approximate surface area is 159 Å².